The van der Waals surface area contributed by atoms with Gasteiger partial charge in [-0.1, -0.05) is 0 Å². The summed E-state index contributed by atoms with van der Waals surface area (Å²) in [7, 11) is 0. The minimum absolute atomic E-state index is 0. The average Bonchev–Trinajstić information content (AvgIpc) is 2.12. The van der Waals surface area contributed by atoms with Gasteiger partial charge in [0, 0.05) is 0 Å². The van der Waals surface area contributed by atoms with Gasteiger partial charge in [-0.2, -0.15) is 61.5 Å². The molecule has 0 saturated heterocycles. The van der Waals surface area contributed by atoms with Crippen LogP contribution in [0.3, 0.4) is 0 Å². The molecule has 0 atom stereocenters. The van der Waals surface area contributed by atoms with Gasteiger partial charge in [0.2, 0.25) is 0 Å². The van der Waals surface area contributed by atoms with Gasteiger partial charge in [0.25, 0.3) is 0 Å². The van der Waals surface area contributed by atoms with E-state index in [0.29, 0.717) is 0 Å². The molecule has 0 aromatic heterocycles. The Morgan fingerprint density at radius 1 is 0.286 bits per heavy atom. The van der Waals surface area contributed by atoms with Gasteiger partial charge in [0.1, 0.15) is 0 Å². The minimum atomic E-state index is -8.04. The van der Waals surface area contributed by atoms with Crippen LogP contribution in [0.4, 0.5) is 61.5 Å². The Hall–Kier alpha value is -0.383. The van der Waals surface area contributed by atoms with E-state index < -0.39 is 36.0 Å². The molecule has 0 fully saturated rings. The van der Waals surface area contributed by atoms with Crippen molar-refractivity contribution in [2.24, 2.45) is 0 Å². The topological polar surface area (TPSA) is 0 Å². The normalized spacial score (nSPS) is 15.7. The molecule has 15 heteroatoms. The average molecular weight is 346 g/mol. The molecule has 0 saturated carbocycles. The fourth-order valence-corrected chi connectivity index (χ4v) is 0.750. The fraction of sp³-hybridized carbons (Fsp3) is 1.00. The zero-order chi connectivity index (χ0) is 17.0. The third kappa shape index (κ3) is 3.06. The van der Waals surface area contributed by atoms with E-state index in [-0.39, 0.29) is 18.9 Å². The molecule has 0 amide bonds. The quantitative estimate of drug-likeness (QED) is 0.535. The second-order valence-electron chi connectivity index (χ2n) is 3.29. The Balaban J connectivity index is 0. The van der Waals surface area contributed by atoms with Crippen LogP contribution in [0.25, 0.3) is 0 Å². The number of hydrogen-bond donors (Lipinski definition) is 0. The third-order valence-corrected chi connectivity index (χ3v) is 1.90. The molecule has 0 spiro atoms. The summed E-state index contributed by atoms with van der Waals surface area (Å²) in [5.74, 6) is -31.7. The van der Waals surface area contributed by atoms with Gasteiger partial charge in [0.15, 0.2) is 0 Å². The van der Waals surface area contributed by atoms with Gasteiger partial charge in [0.05, 0.1) is 0 Å². The van der Waals surface area contributed by atoms with Crippen LogP contribution < -0.4 is 0 Å². The Bertz CT molecular complexity index is 325. The Labute approximate surface area is 117 Å². The molecule has 0 heterocycles. The van der Waals surface area contributed by atoms with Crippen molar-refractivity contribution in [1.29, 1.82) is 0 Å². The number of hydrogen-bond acceptors (Lipinski definition) is 0. The summed E-state index contributed by atoms with van der Waals surface area (Å²) in [5.41, 5.74) is 0. The zero-order valence-electron chi connectivity index (χ0n) is 8.29. The summed E-state index contributed by atoms with van der Waals surface area (Å²) in [4.78, 5) is 0. The first-order valence-electron chi connectivity index (χ1n) is 3.90. The van der Waals surface area contributed by atoms with E-state index in [4.69, 9.17) is 0 Å². The standard InChI is InChI=1S/C6F14.Li.H/c7-1(8,3(11,12)5(15,16)17)2(9,10)4(13,14)6(18,19)20;;. The molecule has 0 aromatic carbocycles. The molecule has 0 N–H and O–H groups in total. The van der Waals surface area contributed by atoms with E-state index in [1.165, 1.54) is 0 Å². The van der Waals surface area contributed by atoms with E-state index in [2.05, 4.69) is 0 Å². The molecule has 0 rings (SSSR count). The van der Waals surface area contributed by atoms with Crippen molar-refractivity contribution < 1.29 is 61.5 Å². The van der Waals surface area contributed by atoms with Crippen LogP contribution in [-0.2, 0) is 0 Å². The molecule has 0 nitrogen and oxygen atoms in total. The van der Waals surface area contributed by atoms with Crippen molar-refractivity contribution in [2.45, 2.75) is 36.0 Å². The van der Waals surface area contributed by atoms with E-state index in [1.54, 1.807) is 0 Å². The van der Waals surface area contributed by atoms with E-state index in [9.17, 15) is 61.5 Å². The van der Waals surface area contributed by atoms with E-state index in [1.807, 2.05) is 0 Å². The van der Waals surface area contributed by atoms with Crippen molar-refractivity contribution >= 4 is 18.9 Å². The van der Waals surface area contributed by atoms with Crippen LogP contribution in [0.2, 0.25) is 0 Å². The summed E-state index contributed by atoms with van der Waals surface area (Å²) in [6.07, 6.45) is -15.0. The number of halogens is 14. The summed E-state index contributed by atoms with van der Waals surface area (Å²) in [6.45, 7) is 0. The van der Waals surface area contributed by atoms with Crippen molar-refractivity contribution in [3.8, 4) is 0 Å². The maximum atomic E-state index is 12.3. The van der Waals surface area contributed by atoms with Crippen LogP contribution >= 0.6 is 0 Å². The van der Waals surface area contributed by atoms with Gasteiger partial charge in [-0.25, -0.2) is 0 Å². The fourth-order valence-electron chi connectivity index (χ4n) is 0.750. The molecule has 0 aliphatic carbocycles. The molecule has 0 unspecified atom stereocenters. The Kier molecular flexibility index (Phi) is 5.84. The molecular weight excluding hydrogens is 345 g/mol. The van der Waals surface area contributed by atoms with Gasteiger partial charge in [-0.05, 0) is 0 Å². The molecule has 0 aliphatic rings. The summed E-state index contributed by atoms with van der Waals surface area (Å²) >= 11 is 0. The van der Waals surface area contributed by atoms with Crippen LogP contribution in [0.15, 0.2) is 0 Å². The molecule has 0 bridgehead atoms. The molecule has 0 aromatic rings. The van der Waals surface area contributed by atoms with Crippen molar-refractivity contribution in [3.63, 3.8) is 0 Å². The zero-order valence-corrected chi connectivity index (χ0v) is 8.29. The van der Waals surface area contributed by atoms with Crippen LogP contribution in [-0.4, -0.2) is 54.9 Å². The van der Waals surface area contributed by atoms with Gasteiger partial charge >= 0.3 is 54.9 Å². The summed E-state index contributed by atoms with van der Waals surface area (Å²) in [6, 6.07) is 0. The summed E-state index contributed by atoms with van der Waals surface area (Å²) in [5, 5.41) is 0. The van der Waals surface area contributed by atoms with E-state index in [0.717, 1.165) is 0 Å². The second kappa shape index (κ2) is 5.36. The van der Waals surface area contributed by atoms with E-state index >= 15 is 0 Å². The molecule has 21 heavy (non-hydrogen) atoms. The van der Waals surface area contributed by atoms with Crippen molar-refractivity contribution in [3.05, 3.63) is 0 Å². The van der Waals surface area contributed by atoms with Gasteiger partial charge < -0.3 is 0 Å². The van der Waals surface area contributed by atoms with Crippen LogP contribution in [0, 0.1) is 0 Å². The maximum absolute atomic E-state index is 12.3. The SMILES string of the molecule is FC(F)(F)C(F)(F)C(F)(F)C(F)(F)C(F)(F)C(F)(F)F.[LiH]. The predicted octanol–water partition coefficient (Wildman–Crippen LogP) is 4.00. The Morgan fingerprint density at radius 2 is 0.429 bits per heavy atom. The monoisotopic (exact) mass is 346 g/mol. The predicted molar refractivity (Wildman–Crippen MR) is 39.0 cm³/mol. The van der Waals surface area contributed by atoms with Crippen molar-refractivity contribution in [1.82, 2.24) is 0 Å². The molecule has 124 valence electrons. The van der Waals surface area contributed by atoms with Crippen molar-refractivity contribution in [2.75, 3.05) is 0 Å². The second-order valence-corrected chi connectivity index (χ2v) is 3.29. The molecular formula is C6HF14Li. The molecule has 0 radical (unpaired) electrons. The van der Waals surface area contributed by atoms with Crippen LogP contribution in [0.1, 0.15) is 0 Å². The number of alkyl halides is 14. The third-order valence-electron chi connectivity index (χ3n) is 1.90. The van der Waals surface area contributed by atoms with Crippen LogP contribution in [0.5, 0.6) is 0 Å². The van der Waals surface area contributed by atoms with Gasteiger partial charge in [-0.15, -0.1) is 0 Å². The first kappa shape index (κ1) is 22.9. The Morgan fingerprint density at radius 3 is 0.524 bits per heavy atom. The number of rotatable bonds is 3. The first-order chi connectivity index (χ1) is 8.25. The molecule has 0 aliphatic heterocycles. The first-order valence-corrected chi connectivity index (χ1v) is 3.90. The summed E-state index contributed by atoms with van der Waals surface area (Å²) < 4.78 is 166. The van der Waals surface area contributed by atoms with Gasteiger partial charge in [-0.3, -0.25) is 0 Å².